The second-order valence-corrected chi connectivity index (χ2v) is 5.95. The van der Waals surface area contributed by atoms with Gasteiger partial charge >= 0.3 is 6.03 Å². The van der Waals surface area contributed by atoms with Gasteiger partial charge in [-0.3, -0.25) is 4.90 Å². The maximum absolute atomic E-state index is 12.7. The molecule has 4 heteroatoms. The van der Waals surface area contributed by atoms with Gasteiger partial charge in [-0.05, 0) is 60.9 Å². The molecule has 2 aromatic carbocycles. The predicted molar refractivity (Wildman–Crippen MR) is 96.9 cm³/mol. The van der Waals surface area contributed by atoms with Gasteiger partial charge in [-0.25, -0.2) is 4.79 Å². The molecule has 2 heterocycles. The van der Waals surface area contributed by atoms with Crippen LogP contribution in [0.3, 0.4) is 0 Å². The van der Waals surface area contributed by atoms with Gasteiger partial charge in [0.25, 0.3) is 0 Å². The summed E-state index contributed by atoms with van der Waals surface area (Å²) in [6, 6.07) is 19.9. The molecule has 120 valence electrons. The van der Waals surface area contributed by atoms with Gasteiger partial charge in [0.15, 0.2) is 0 Å². The Hall–Kier alpha value is -3.01. The van der Waals surface area contributed by atoms with Crippen molar-refractivity contribution in [1.29, 1.82) is 0 Å². The normalized spacial score (nSPS) is 13.4. The van der Waals surface area contributed by atoms with Gasteiger partial charge < -0.3 is 9.88 Å². The van der Waals surface area contributed by atoms with Crippen molar-refractivity contribution in [2.45, 2.75) is 12.8 Å². The van der Waals surface area contributed by atoms with E-state index < -0.39 is 0 Å². The lowest BCUT2D eigenvalue weighted by Crippen LogP contribution is -2.38. The summed E-state index contributed by atoms with van der Waals surface area (Å²) in [5, 5.41) is 3.00. The Labute approximate surface area is 141 Å². The zero-order chi connectivity index (χ0) is 16.4. The molecule has 4 rings (SSSR count). The molecule has 0 aliphatic carbocycles. The number of aromatic nitrogens is 1. The fourth-order valence-corrected chi connectivity index (χ4v) is 3.16. The Kier molecular flexibility index (Phi) is 3.79. The highest BCUT2D eigenvalue weighted by molar-refractivity contribution is 6.02. The van der Waals surface area contributed by atoms with Gasteiger partial charge in [0.2, 0.25) is 0 Å². The van der Waals surface area contributed by atoms with Gasteiger partial charge in [-0.15, -0.1) is 0 Å². The number of carbonyl (C=O) groups is 1. The van der Waals surface area contributed by atoms with E-state index in [2.05, 4.69) is 11.4 Å². The van der Waals surface area contributed by atoms with E-state index in [-0.39, 0.29) is 6.03 Å². The van der Waals surface area contributed by atoms with Gasteiger partial charge in [-0.2, -0.15) is 0 Å². The monoisotopic (exact) mass is 317 g/mol. The standard InChI is InChI=1S/C20H19N3O/c24-20(23-15-5-7-16-6-1-2-8-19(16)23)21-17-9-11-18(12-10-17)22-13-3-4-14-22/h1-4,6,8-14H,5,7,15H2,(H,21,24). The second kappa shape index (κ2) is 6.24. The number of aryl methyl sites for hydroxylation is 1. The van der Waals surface area contributed by atoms with E-state index >= 15 is 0 Å². The van der Waals surface area contributed by atoms with E-state index in [4.69, 9.17) is 0 Å². The number of para-hydroxylation sites is 1. The first-order valence-electron chi connectivity index (χ1n) is 8.21. The largest absolute Gasteiger partial charge is 0.326 e. The molecular weight excluding hydrogens is 298 g/mol. The van der Waals surface area contributed by atoms with Crippen LogP contribution in [0.5, 0.6) is 0 Å². The van der Waals surface area contributed by atoms with Crippen LogP contribution in [0, 0.1) is 0 Å². The third kappa shape index (κ3) is 2.78. The smallest absolute Gasteiger partial charge is 0.324 e. The molecule has 0 saturated carbocycles. The zero-order valence-corrected chi connectivity index (χ0v) is 13.4. The first-order valence-corrected chi connectivity index (χ1v) is 8.21. The van der Waals surface area contributed by atoms with E-state index in [0.29, 0.717) is 0 Å². The highest BCUT2D eigenvalue weighted by Crippen LogP contribution is 2.27. The molecule has 24 heavy (non-hydrogen) atoms. The van der Waals surface area contributed by atoms with E-state index in [1.54, 1.807) is 0 Å². The second-order valence-electron chi connectivity index (χ2n) is 5.95. The molecule has 4 nitrogen and oxygen atoms in total. The number of hydrogen-bond donors (Lipinski definition) is 1. The third-order valence-corrected chi connectivity index (χ3v) is 4.38. The Morgan fingerprint density at radius 1 is 0.917 bits per heavy atom. The van der Waals surface area contributed by atoms with Crippen molar-refractivity contribution in [3.63, 3.8) is 0 Å². The number of amides is 2. The number of carbonyl (C=O) groups excluding carboxylic acids is 1. The molecule has 0 radical (unpaired) electrons. The molecule has 0 unspecified atom stereocenters. The van der Waals surface area contributed by atoms with Crippen molar-refractivity contribution < 1.29 is 4.79 Å². The minimum absolute atomic E-state index is 0.0733. The quantitative estimate of drug-likeness (QED) is 0.744. The first-order chi connectivity index (χ1) is 11.8. The molecule has 0 bridgehead atoms. The summed E-state index contributed by atoms with van der Waals surface area (Å²) in [6.07, 6.45) is 6.03. The first kappa shape index (κ1) is 14.6. The molecule has 1 aromatic heterocycles. The van der Waals surface area contributed by atoms with Gasteiger partial charge in [0.05, 0.1) is 0 Å². The minimum atomic E-state index is -0.0733. The Morgan fingerprint density at radius 3 is 2.46 bits per heavy atom. The summed E-state index contributed by atoms with van der Waals surface area (Å²) in [7, 11) is 0. The highest BCUT2D eigenvalue weighted by atomic mass is 16.2. The summed E-state index contributed by atoms with van der Waals surface area (Å²) in [5.74, 6) is 0. The minimum Gasteiger partial charge on any atom is -0.324 e. The summed E-state index contributed by atoms with van der Waals surface area (Å²) in [5.41, 5.74) is 4.13. The van der Waals surface area contributed by atoms with E-state index in [9.17, 15) is 4.79 Å². The van der Waals surface area contributed by atoms with Gasteiger partial charge in [0.1, 0.15) is 0 Å². The number of benzene rings is 2. The molecular formula is C20H19N3O. The number of nitrogens with one attached hydrogen (secondary N) is 1. The number of anilines is 2. The molecule has 3 aromatic rings. The molecule has 0 fully saturated rings. The molecule has 1 N–H and O–H groups in total. The van der Waals surface area contributed by atoms with E-state index in [0.717, 1.165) is 36.4 Å². The van der Waals surface area contributed by atoms with Crippen molar-refractivity contribution in [3.8, 4) is 5.69 Å². The fraction of sp³-hybridized carbons (Fsp3) is 0.150. The lowest BCUT2D eigenvalue weighted by atomic mass is 10.0. The van der Waals surface area contributed by atoms with Crippen molar-refractivity contribution in [2.24, 2.45) is 0 Å². The molecule has 2 amide bonds. The summed E-state index contributed by atoms with van der Waals surface area (Å²) in [6.45, 7) is 0.754. The number of urea groups is 1. The van der Waals surface area contributed by atoms with E-state index in [1.165, 1.54) is 5.56 Å². The number of fused-ring (bicyclic) bond motifs is 1. The number of hydrogen-bond acceptors (Lipinski definition) is 1. The fourth-order valence-electron chi connectivity index (χ4n) is 3.16. The maximum Gasteiger partial charge on any atom is 0.326 e. The third-order valence-electron chi connectivity index (χ3n) is 4.38. The Morgan fingerprint density at radius 2 is 1.67 bits per heavy atom. The SMILES string of the molecule is O=C(Nc1ccc(-n2cccc2)cc1)N1CCCc2ccccc21. The number of rotatable bonds is 2. The Balaban J connectivity index is 1.51. The highest BCUT2D eigenvalue weighted by Gasteiger charge is 2.21. The topological polar surface area (TPSA) is 37.3 Å². The van der Waals surface area contributed by atoms with Crippen LogP contribution in [0.25, 0.3) is 5.69 Å². The van der Waals surface area contributed by atoms with Crippen LogP contribution in [-0.4, -0.2) is 17.1 Å². The molecule has 1 aliphatic rings. The van der Waals surface area contributed by atoms with Gasteiger partial charge in [0, 0.05) is 36.0 Å². The Bertz CT molecular complexity index is 838. The predicted octanol–water partition coefficient (Wildman–Crippen LogP) is 4.46. The summed E-state index contributed by atoms with van der Waals surface area (Å²) < 4.78 is 2.03. The average Bonchev–Trinajstić information content (AvgIpc) is 3.16. The van der Waals surface area contributed by atoms with Crippen molar-refractivity contribution in [2.75, 3.05) is 16.8 Å². The molecule has 0 atom stereocenters. The van der Waals surface area contributed by atoms with Crippen LogP contribution in [0.15, 0.2) is 73.1 Å². The molecule has 1 aliphatic heterocycles. The van der Waals surface area contributed by atoms with Crippen LogP contribution >= 0.6 is 0 Å². The van der Waals surface area contributed by atoms with Crippen LogP contribution < -0.4 is 10.2 Å². The van der Waals surface area contributed by atoms with Crippen molar-refractivity contribution >= 4 is 17.4 Å². The molecule has 0 saturated heterocycles. The van der Waals surface area contributed by atoms with Crippen LogP contribution in [0.4, 0.5) is 16.2 Å². The van der Waals surface area contributed by atoms with Crippen LogP contribution in [-0.2, 0) is 6.42 Å². The summed E-state index contributed by atoms with van der Waals surface area (Å²) >= 11 is 0. The lowest BCUT2D eigenvalue weighted by Gasteiger charge is -2.29. The zero-order valence-electron chi connectivity index (χ0n) is 13.4. The number of nitrogens with zero attached hydrogens (tertiary/aromatic N) is 2. The van der Waals surface area contributed by atoms with Crippen LogP contribution in [0.2, 0.25) is 0 Å². The maximum atomic E-state index is 12.7. The lowest BCUT2D eigenvalue weighted by molar-refractivity contribution is 0.256. The summed E-state index contributed by atoms with van der Waals surface area (Å²) in [4.78, 5) is 14.5. The van der Waals surface area contributed by atoms with Crippen molar-refractivity contribution in [1.82, 2.24) is 4.57 Å². The van der Waals surface area contributed by atoms with Crippen molar-refractivity contribution in [3.05, 3.63) is 78.6 Å². The average molecular weight is 317 g/mol. The van der Waals surface area contributed by atoms with Crippen LogP contribution in [0.1, 0.15) is 12.0 Å². The van der Waals surface area contributed by atoms with E-state index in [1.807, 2.05) is 76.5 Å². The molecule has 0 spiro atoms. The van der Waals surface area contributed by atoms with Gasteiger partial charge in [-0.1, -0.05) is 18.2 Å².